The van der Waals surface area contributed by atoms with E-state index < -0.39 is 41.9 Å². The van der Waals surface area contributed by atoms with Crippen LogP contribution in [0.5, 0.6) is 0 Å². The van der Waals surface area contributed by atoms with E-state index in [0.717, 1.165) is 0 Å². The summed E-state index contributed by atoms with van der Waals surface area (Å²) in [5.41, 5.74) is 0. The molecular weight excluding hydrogens is 334 g/mol. The average molecular weight is 361 g/mol. The zero-order valence-corrected chi connectivity index (χ0v) is 15.2. The molecule has 1 amide bonds. The van der Waals surface area contributed by atoms with Crippen molar-refractivity contribution in [2.45, 2.75) is 69.5 Å². The first-order chi connectivity index (χ1) is 11.6. The van der Waals surface area contributed by atoms with E-state index in [1.165, 1.54) is 21.1 Å². The highest BCUT2D eigenvalue weighted by Crippen LogP contribution is 2.35. The number of carbonyl (C=O) groups is 2. The van der Waals surface area contributed by atoms with Crippen LogP contribution in [0.1, 0.15) is 33.6 Å². The molecule has 2 aliphatic heterocycles. The van der Waals surface area contributed by atoms with Crippen LogP contribution in [0.15, 0.2) is 0 Å². The monoisotopic (exact) mass is 361 g/mol. The second-order valence-electron chi connectivity index (χ2n) is 6.73. The third kappa shape index (κ3) is 4.29. The lowest BCUT2D eigenvalue weighted by atomic mass is 9.91. The van der Waals surface area contributed by atoms with Crippen LogP contribution >= 0.6 is 0 Å². The zero-order chi connectivity index (χ0) is 18.8. The molecule has 9 heteroatoms. The van der Waals surface area contributed by atoms with Crippen molar-refractivity contribution in [1.82, 2.24) is 5.32 Å². The second kappa shape index (κ2) is 7.55. The minimum Gasteiger partial charge on any atom is -0.465 e. The first-order valence-electron chi connectivity index (χ1n) is 8.22. The van der Waals surface area contributed by atoms with Gasteiger partial charge in [-0.15, -0.1) is 0 Å². The molecule has 2 fully saturated rings. The maximum Gasteiger partial charge on any atom is 0.366 e. The smallest absolute Gasteiger partial charge is 0.366 e. The molecule has 0 bridgehead atoms. The van der Waals surface area contributed by atoms with Gasteiger partial charge in [-0.1, -0.05) is 0 Å². The molecule has 5 atom stereocenters. The SMILES string of the molecule is COC(=O)[C@@]1(OC)CC[C@@H](NC(C)=O)C([C@H](O)[C@H]2COC(C)(C)O2)O1. The lowest BCUT2D eigenvalue weighted by Gasteiger charge is -2.44. The van der Waals surface area contributed by atoms with Gasteiger partial charge in [0.1, 0.15) is 18.3 Å². The zero-order valence-electron chi connectivity index (χ0n) is 15.2. The molecule has 2 aliphatic rings. The van der Waals surface area contributed by atoms with E-state index in [0.29, 0.717) is 6.42 Å². The molecule has 0 aromatic carbocycles. The van der Waals surface area contributed by atoms with Crippen molar-refractivity contribution >= 4 is 11.9 Å². The van der Waals surface area contributed by atoms with Crippen LogP contribution in [0.2, 0.25) is 0 Å². The Hall–Kier alpha value is -1.26. The summed E-state index contributed by atoms with van der Waals surface area (Å²) >= 11 is 0. The molecule has 9 nitrogen and oxygen atoms in total. The summed E-state index contributed by atoms with van der Waals surface area (Å²) in [5, 5.41) is 13.5. The minimum atomic E-state index is -1.63. The van der Waals surface area contributed by atoms with Gasteiger partial charge >= 0.3 is 5.97 Å². The van der Waals surface area contributed by atoms with Gasteiger partial charge in [0.05, 0.1) is 19.8 Å². The summed E-state index contributed by atoms with van der Waals surface area (Å²) in [4.78, 5) is 23.6. The van der Waals surface area contributed by atoms with Crippen molar-refractivity contribution in [2.75, 3.05) is 20.8 Å². The number of amides is 1. The Morgan fingerprint density at radius 2 is 1.96 bits per heavy atom. The highest BCUT2D eigenvalue weighted by atomic mass is 16.8. The predicted molar refractivity (Wildman–Crippen MR) is 84.4 cm³/mol. The summed E-state index contributed by atoms with van der Waals surface area (Å²) in [6.07, 6.45) is -2.20. The normalized spacial score (nSPS) is 35.8. The van der Waals surface area contributed by atoms with Gasteiger partial charge in [0.15, 0.2) is 5.79 Å². The van der Waals surface area contributed by atoms with Crippen LogP contribution in [0, 0.1) is 0 Å². The lowest BCUT2D eigenvalue weighted by molar-refractivity contribution is -0.291. The molecule has 2 N–H and O–H groups in total. The van der Waals surface area contributed by atoms with Crippen molar-refractivity contribution in [3.8, 4) is 0 Å². The van der Waals surface area contributed by atoms with E-state index in [1.807, 2.05) is 0 Å². The molecule has 25 heavy (non-hydrogen) atoms. The number of carbonyl (C=O) groups excluding carboxylic acids is 2. The van der Waals surface area contributed by atoms with E-state index >= 15 is 0 Å². The number of aliphatic hydroxyl groups excluding tert-OH is 1. The van der Waals surface area contributed by atoms with Crippen LogP contribution in [-0.4, -0.2) is 73.7 Å². The van der Waals surface area contributed by atoms with Gasteiger partial charge < -0.3 is 34.1 Å². The summed E-state index contributed by atoms with van der Waals surface area (Å²) in [6, 6.07) is -0.507. The van der Waals surface area contributed by atoms with Crippen molar-refractivity contribution < 1.29 is 38.4 Å². The van der Waals surface area contributed by atoms with Gasteiger partial charge in [0.2, 0.25) is 5.91 Å². The number of aliphatic hydroxyl groups is 1. The number of esters is 1. The fraction of sp³-hybridized carbons (Fsp3) is 0.875. The number of ether oxygens (including phenoxy) is 5. The topological polar surface area (TPSA) is 113 Å². The third-order valence-electron chi connectivity index (χ3n) is 4.47. The number of hydrogen-bond acceptors (Lipinski definition) is 8. The Morgan fingerprint density at radius 3 is 2.44 bits per heavy atom. The van der Waals surface area contributed by atoms with Gasteiger partial charge in [-0.2, -0.15) is 0 Å². The highest BCUT2D eigenvalue weighted by molar-refractivity contribution is 5.78. The second-order valence-corrected chi connectivity index (χ2v) is 6.73. The predicted octanol–water partition coefficient (Wildman–Crippen LogP) is -0.302. The molecule has 0 aromatic heterocycles. The van der Waals surface area contributed by atoms with Gasteiger partial charge in [-0.25, -0.2) is 4.79 Å². The van der Waals surface area contributed by atoms with Crippen molar-refractivity contribution in [3.63, 3.8) is 0 Å². The molecule has 1 unspecified atom stereocenters. The van der Waals surface area contributed by atoms with E-state index in [4.69, 9.17) is 23.7 Å². The number of rotatable bonds is 5. The maximum atomic E-state index is 12.1. The molecular formula is C16H27NO8. The number of hydrogen-bond donors (Lipinski definition) is 2. The third-order valence-corrected chi connectivity index (χ3v) is 4.47. The molecule has 2 rings (SSSR count). The van der Waals surface area contributed by atoms with Gasteiger partial charge in [-0.3, -0.25) is 4.79 Å². The fourth-order valence-electron chi connectivity index (χ4n) is 3.23. The minimum absolute atomic E-state index is 0.166. The van der Waals surface area contributed by atoms with E-state index in [-0.39, 0.29) is 18.9 Å². The Kier molecular flexibility index (Phi) is 6.05. The van der Waals surface area contributed by atoms with Gasteiger partial charge in [0, 0.05) is 20.5 Å². The quantitative estimate of drug-likeness (QED) is 0.642. The van der Waals surface area contributed by atoms with Crippen LogP contribution in [0.25, 0.3) is 0 Å². The molecule has 0 aromatic rings. The van der Waals surface area contributed by atoms with Crippen molar-refractivity contribution in [1.29, 1.82) is 0 Å². The van der Waals surface area contributed by atoms with E-state index in [9.17, 15) is 14.7 Å². The fourth-order valence-corrected chi connectivity index (χ4v) is 3.23. The summed E-state index contributed by atoms with van der Waals surface area (Å²) < 4.78 is 27.0. The Balaban J connectivity index is 2.23. The molecule has 0 aliphatic carbocycles. The lowest BCUT2D eigenvalue weighted by Crippen LogP contribution is -2.62. The molecule has 144 valence electrons. The molecule has 0 saturated carbocycles. The van der Waals surface area contributed by atoms with Gasteiger partial charge in [0.25, 0.3) is 5.79 Å². The Bertz CT molecular complexity index is 510. The van der Waals surface area contributed by atoms with E-state index in [2.05, 4.69) is 5.32 Å². The van der Waals surface area contributed by atoms with Crippen LogP contribution in [-0.2, 0) is 33.3 Å². The Labute approximate surface area is 146 Å². The standard InChI is InChI=1S/C16H27NO8/c1-9(18)17-10-6-7-16(22-5,14(20)21-4)25-13(10)12(19)11-8-23-15(2,3)24-11/h10-13,19H,6-8H2,1-5H3,(H,17,18)/t10-,11-,12-,13?,16-/m1/s1. The highest BCUT2D eigenvalue weighted by Gasteiger charge is 2.53. The molecule has 0 radical (unpaired) electrons. The van der Waals surface area contributed by atoms with Crippen LogP contribution < -0.4 is 5.32 Å². The molecule has 2 heterocycles. The summed E-state index contributed by atoms with van der Waals surface area (Å²) in [6.45, 7) is 5.01. The summed E-state index contributed by atoms with van der Waals surface area (Å²) in [7, 11) is 2.56. The summed E-state index contributed by atoms with van der Waals surface area (Å²) in [5.74, 6) is -3.43. The average Bonchev–Trinajstić information content (AvgIpc) is 2.93. The van der Waals surface area contributed by atoms with Crippen LogP contribution in [0.4, 0.5) is 0 Å². The maximum absolute atomic E-state index is 12.1. The number of nitrogens with one attached hydrogen (secondary N) is 1. The van der Waals surface area contributed by atoms with Crippen LogP contribution in [0.3, 0.4) is 0 Å². The first-order valence-corrected chi connectivity index (χ1v) is 8.22. The van der Waals surface area contributed by atoms with E-state index in [1.54, 1.807) is 13.8 Å². The van der Waals surface area contributed by atoms with Crippen molar-refractivity contribution in [3.05, 3.63) is 0 Å². The molecule has 2 saturated heterocycles. The first kappa shape index (κ1) is 20.1. The molecule has 0 spiro atoms. The van der Waals surface area contributed by atoms with Crippen molar-refractivity contribution in [2.24, 2.45) is 0 Å². The Morgan fingerprint density at radius 1 is 1.28 bits per heavy atom. The largest absolute Gasteiger partial charge is 0.465 e. The number of methoxy groups -OCH3 is 2. The van der Waals surface area contributed by atoms with Gasteiger partial charge in [-0.05, 0) is 20.3 Å².